The number of carbonyl (C=O) groups is 4. The predicted molar refractivity (Wildman–Crippen MR) is 90.0 cm³/mol. The monoisotopic (exact) mass is 398 g/mol. The van der Waals surface area contributed by atoms with Crippen molar-refractivity contribution in [3.8, 4) is 0 Å². The number of methoxy groups -OCH3 is 2. The number of ether oxygens (including phenoxy) is 2. The summed E-state index contributed by atoms with van der Waals surface area (Å²) in [6.07, 6.45) is 0. The quantitative estimate of drug-likeness (QED) is 0.487. The van der Waals surface area contributed by atoms with Crippen LogP contribution in [0.5, 0.6) is 0 Å². The zero-order chi connectivity index (χ0) is 19.7. The van der Waals surface area contributed by atoms with Crippen LogP contribution in [0.15, 0.2) is 48.5 Å². The smallest absolute Gasteiger partial charge is 0.545 e. The summed E-state index contributed by atoms with van der Waals surface area (Å²) in [5, 5.41) is 20.8. The number of benzene rings is 2. The second-order valence-electron chi connectivity index (χ2n) is 4.72. The molecule has 9 heteroatoms. The molecule has 0 atom stereocenters. The largest absolute Gasteiger partial charge is 2.00 e. The zero-order valence-corrected chi connectivity index (χ0v) is 16.8. The van der Waals surface area contributed by atoms with Crippen molar-refractivity contribution in [1.29, 1.82) is 0 Å². The molecule has 0 fully saturated rings. The third kappa shape index (κ3) is 7.78. The molecule has 8 nitrogen and oxygen atoms in total. The van der Waals surface area contributed by atoms with Gasteiger partial charge in [0.15, 0.2) is 0 Å². The molecule has 2 aromatic rings. The van der Waals surface area contributed by atoms with Gasteiger partial charge in [-0.2, -0.15) is 0 Å². The van der Waals surface area contributed by atoms with Gasteiger partial charge >= 0.3 is 49.7 Å². The van der Waals surface area contributed by atoms with Gasteiger partial charge in [0, 0.05) is 0 Å². The van der Waals surface area contributed by atoms with E-state index in [2.05, 4.69) is 9.47 Å². The van der Waals surface area contributed by atoms with Crippen molar-refractivity contribution in [2.45, 2.75) is 0 Å². The Morgan fingerprint density at radius 1 is 0.667 bits per heavy atom. The SMILES string of the molecule is COC(=O)c1cccc(C(=O)[O-])c1.COC(=O)c1cccc(C(=O)[O-])c1.[Ca+2]. The van der Waals surface area contributed by atoms with Crippen LogP contribution in [-0.2, 0) is 9.47 Å². The van der Waals surface area contributed by atoms with Gasteiger partial charge in [-0.3, -0.25) is 0 Å². The summed E-state index contributed by atoms with van der Waals surface area (Å²) in [4.78, 5) is 42.7. The van der Waals surface area contributed by atoms with Crippen molar-refractivity contribution in [1.82, 2.24) is 0 Å². The molecule has 0 aliphatic heterocycles. The first kappa shape index (κ1) is 24.6. The van der Waals surface area contributed by atoms with E-state index in [9.17, 15) is 29.4 Å². The Labute approximate surface area is 184 Å². The summed E-state index contributed by atoms with van der Waals surface area (Å²) < 4.78 is 8.84. The fraction of sp³-hybridized carbons (Fsp3) is 0.111. The molecule has 0 spiro atoms. The minimum atomic E-state index is -1.31. The van der Waals surface area contributed by atoms with Crippen LogP contribution in [0.2, 0.25) is 0 Å². The fourth-order valence-corrected chi connectivity index (χ4v) is 1.78. The van der Waals surface area contributed by atoms with Crippen LogP contribution in [0.3, 0.4) is 0 Å². The van der Waals surface area contributed by atoms with Gasteiger partial charge in [-0.25, -0.2) is 9.59 Å². The van der Waals surface area contributed by atoms with Crippen molar-refractivity contribution >= 4 is 61.6 Å². The second kappa shape index (κ2) is 12.1. The number of carboxylic acid groups (broad SMARTS) is 2. The van der Waals surface area contributed by atoms with Gasteiger partial charge in [-0.15, -0.1) is 0 Å². The maximum atomic E-state index is 11.0. The Bertz CT molecular complexity index is 762. The molecule has 2 aromatic carbocycles. The van der Waals surface area contributed by atoms with E-state index < -0.39 is 23.9 Å². The van der Waals surface area contributed by atoms with Crippen LogP contribution in [0, 0.1) is 0 Å². The average molecular weight is 398 g/mol. The topological polar surface area (TPSA) is 133 Å². The van der Waals surface area contributed by atoms with E-state index in [4.69, 9.17) is 0 Å². The summed E-state index contributed by atoms with van der Waals surface area (Å²) in [7, 11) is 2.46. The number of carbonyl (C=O) groups excluding carboxylic acids is 4. The first-order valence-electron chi connectivity index (χ1n) is 7.09. The van der Waals surface area contributed by atoms with E-state index in [1.54, 1.807) is 0 Å². The molecule has 0 saturated carbocycles. The van der Waals surface area contributed by atoms with E-state index in [0.29, 0.717) is 0 Å². The van der Waals surface area contributed by atoms with Crippen molar-refractivity contribution in [3.05, 3.63) is 70.8 Å². The van der Waals surface area contributed by atoms with E-state index in [-0.39, 0.29) is 60.0 Å². The summed E-state index contributed by atoms with van der Waals surface area (Å²) in [6.45, 7) is 0. The summed E-state index contributed by atoms with van der Waals surface area (Å²) in [6, 6.07) is 11.0. The van der Waals surface area contributed by atoms with Gasteiger partial charge in [0.1, 0.15) is 0 Å². The Kier molecular flexibility index (Phi) is 11.0. The first-order valence-corrected chi connectivity index (χ1v) is 7.09. The van der Waals surface area contributed by atoms with Crippen LogP contribution in [-0.4, -0.2) is 75.8 Å². The molecule has 0 radical (unpaired) electrons. The molecular formula is C18H14CaO8. The van der Waals surface area contributed by atoms with Crippen LogP contribution >= 0.6 is 0 Å². The Morgan fingerprint density at radius 2 is 0.963 bits per heavy atom. The Hall–Kier alpha value is -2.42. The molecule has 136 valence electrons. The molecule has 0 aliphatic carbocycles. The minimum absolute atomic E-state index is 0. The normalized spacial score (nSPS) is 8.96. The van der Waals surface area contributed by atoms with Crippen LogP contribution in [0.1, 0.15) is 41.4 Å². The summed E-state index contributed by atoms with van der Waals surface area (Å²) >= 11 is 0. The summed E-state index contributed by atoms with van der Waals surface area (Å²) in [5.74, 6) is -3.76. The molecule has 0 amide bonds. The van der Waals surface area contributed by atoms with E-state index in [0.717, 1.165) is 0 Å². The van der Waals surface area contributed by atoms with Gasteiger partial charge in [-0.1, -0.05) is 24.3 Å². The molecule has 0 aliphatic rings. The predicted octanol–water partition coefficient (Wildman–Crippen LogP) is -0.707. The maximum absolute atomic E-state index is 11.0. The zero-order valence-electron chi connectivity index (χ0n) is 14.6. The van der Waals surface area contributed by atoms with Crippen LogP contribution < -0.4 is 10.2 Å². The maximum Gasteiger partial charge on any atom is 2.00 e. The second-order valence-corrected chi connectivity index (χ2v) is 4.72. The van der Waals surface area contributed by atoms with Gasteiger partial charge in [0.25, 0.3) is 0 Å². The van der Waals surface area contributed by atoms with Crippen molar-refractivity contribution in [2.24, 2.45) is 0 Å². The van der Waals surface area contributed by atoms with Gasteiger partial charge in [0.05, 0.1) is 37.3 Å². The standard InChI is InChI=1S/2C9H8O4.Ca/c2*1-13-9(12)7-4-2-3-6(5-7)8(10)11;/h2*2-5H,1H3,(H,10,11);/q;;+2/p-2. The number of carboxylic acids is 2. The van der Waals surface area contributed by atoms with E-state index >= 15 is 0 Å². The Balaban J connectivity index is 0.000000483. The molecule has 0 unspecified atom stereocenters. The van der Waals surface area contributed by atoms with Crippen molar-refractivity contribution < 1.29 is 38.9 Å². The average Bonchev–Trinajstić information content (AvgIpc) is 2.67. The number of hydrogen-bond donors (Lipinski definition) is 0. The van der Waals surface area contributed by atoms with Gasteiger partial charge < -0.3 is 29.3 Å². The third-order valence-corrected chi connectivity index (χ3v) is 3.04. The molecule has 0 bridgehead atoms. The molecule has 0 saturated heterocycles. The van der Waals surface area contributed by atoms with Gasteiger partial charge in [-0.05, 0) is 35.4 Å². The molecule has 0 aromatic heterocycles. The first-order chi connectivity index (χ1) is 12.3. The number of hydrogen-bond acceptors (Lipinski definition) is 8. The van der Waals surface area contributed by atoms with Crippen molar-refractivity contribution in [2.75, 3.05) is 14.2 Å². The molecule has 2 rings (SSSR count). The van der Waals surface area contributed by atoms with Crippen LogP contribution in [0.4, 0.5) is 0 Å². The molecule has 27 heavy (non-hydrogen) atoms. The van der Waals surface area contributed by atoms with Gasteiger partial charge in [0.2, 0.25) is 0 Å². The minimum Gasteiger partial charge on any atom is -0.545 e. The number of aromatic carboxylic acids is 2. The van der Waals surface area contributed by atoms with Crippen LogP contribution in [0.25, 0.3) is 0 Å². The van der Waals surface area contributed by atoms with E-state index in [1.807, 2.05) is 0 Å². The van der Waals surface area contributed by atoms with E-state index in [1.165, 1.54) is 62.8 Å². The summed E-state index contributed by atoms with van der Waals surface area (Å²) in [5.41, 5.74) is 0.319. The molecule has 0 N–H and O–H groups in total. The Morgan fingerprint density at radius 3 is 1.22 bits per heavy atom. The molecular weight excluding hydrogens is 384 g/mol. The van der Waals surface area contributed by atoms with Crippen molar-refractivity contribution in [3.63, 3.8) is 0 Å². The number of rotatable bonds is 4. The molecule has 0 heterocycles. The fourth-order valence-electron chi connectivity index (χ4n) is 1.78. The third-order valence-electron chi connectivity index (χ3n) is 3.04. The number of esters is 2.